The Morgan fingerprint density at radius 1 is 1.55 bits per heavy atom. The number of rotatable bonds is 7. The van der Waals surface area contributed by atoms with Crippen molar-refractivity contribution in [2.24, 2.45) is 11.7 Å². The lowest BCUT2D eigenvalue weighted by Gasteiger charge is -2.09. The highest BCUT2D eigenvalue weighted by Crippen LogP contribution is 2.29. The average molecular weight is 281 g/mol. The van der Waals surface area contributed by atoms with Gasteiger partial charge in [-0.2, -0.15) is 0 Å². The maximum Gasteiger partial charge on any atom is 0.296 e. The first-order valence-corrected chi connectivity index (χ1v) is 6.30. The molecule has 0 aliphatic carbocycles. The molecule has 1 unspecified atom stereocenters. The third kappa shape index (κ3) is 4.51. The summed E-state index contributed by atoms with van der Waals surface area (Å²) in [7, 11) is 1.42. The molecule has 7 heteroatoms. The van der Waals surface area contributed by atoms with E-state index in [9.17, 15) is 14.9 Å². The van der Waals surface area contributed by atoms with Crippen LogP contribution in [0.5, 0.6) is 5.75 Å². The summed E-state index contributed by atoms with van der Waals surface area (Å²) in [4.78, 5) is 22.2. The summed E-state index contributed by atoms with van der Waals surface area (Å²) in [6.07, 6.45) is 0.924. The van der Waals surface area contributed by atoms with Crippen LogP contribution in [0.4, 0.5) is 11.4 Å². The topological polar surface area (TPSA) is 107 Å². The van der Waals surface area contributed by atoms with Crippen LogP contribution in [0.3, 0.4) is 0 Å². The SMILES string of the molecule is COc1ccc(NC(=O)CCC(C)CN)c([N+](=O)[O-])c1. The third-order valence-corrected chi connectivity index (χ3v) is 2.94. The van der Waals surface area contributed by atoms with Crippen LogP contribution in [0.1, 0.15) is 19.8 Å². The van der Waals surface area contributed by atoms with E-state index in [1.807, 2.05) is 6.92 Å². The Bertz CT molecular complexity index is 491. The second-order valence-corrected chi connectivity index (χ2v) is 4.57. The molecule has 0 aliphatic heterocycles. The Morgan fingerprint density at radius 2 is 2.25 bits per heavy atom. The van der Waals surface area contributed by atoms with E-state index in [1.54, 1.807) is 6.07 Å². The number of nitro groups is 1. The average Bonchev–Trinajstić information content (AvgIpc) is 2.44. The molecule has 7 nitrogen and oxygen atoms in total. The van der Waals surface area contributed by atoms with E-state index in [0.29, 0.717) is 18.7 Å². The molecule has 110 valence electrons. The number of nitrogens with one attached hydrogen (secondary N) is 1. The molecule has 0 fully saturated rings. The molecular weight excluding hydrogens is 262 g/mol. The van der Waals surface area contributed by atoms with Crippen molar-refractivity contribution >= 4 is 17.3 Å². The summed E-state index contributed by atoms with van der Waals surface area (Å²) in [6, 6.07) is 4.30. The van der Waals surface area contributed by atoms with E-state index in [-0.39, 0.29) is 29.6 Å². The summed E-state index contributed by atoms with van der Waals surface area (Å²) in [5.41, 5.74) is 5.45. The molecule has 1 rings (SSSR count). The molecule has 0 bridgehead atoms. The molecule has 0 spiro atoms. The second kappa shape index (κ2) is 7.44. The fourth-order valence-electron chi connectivity index (χ4n) is 1.60. The van der Waals surface area contributed by atoms with E-state index in [4.69, 9.17) is 10.5 Å². The molecule has 1 amide bonds. The van der Waals surface area contributed by atoms with Gasteiger partial charge in [0, 0.05) is 6.42 Å². The predicted octanol–water partition coefficient (Wildman–Crippen LogP) is 1.92. The molecule has 0 aromatic heterocycles. The summed E-state index contributed by atoms with van der Waals surface area (Å²) >= 11 is 0. The number of nitrogens with zero attached hydrogens (tertiary/aromatic N) is 1. The van der Waals surface area contributed by atoms with Crippen LogP contribution in [0.2, 0.25) is 0 Å². The number of ether oxygens (including phenoxy) is 1. The number of hydrogen-bond acceptors (Lipinski definition) is 5. The number of carbonyl (C=O) groups is 1. The Balaban J connectivity index is 2.76. The zero-order valence-corrected chi connectivity index (χ0v) is 11.6. The van der Waals surface area contributed by atoms with Gasteiger partial charge in [-0.05, 0) is 31.0 Å². The van der Waals surface area contributed by atoms with Gasteiger partial charge < -0.3 is 15.8 Å². The highest BCUT2D eigenvalue weighted by atomic mass is 16.6. The molecule has 0 aliphatic rings. The highest BCUT2D eigenvalue weighted by Gasteiger charge is 2.17. The Hall–Kier alpha value is -2.15. The summed E-state index contributed by atoms with van der Waals surface area (Å²) in [5, 5.41) is 13.5. The number of benzene rings is 1. The van der Waals surface area contributed by atoms with Gasteiger partial charge in [0.15, 0.2) is 0 Å². The Kier molecular flexibility index (Phi) is 5.92. The number of anilines is 1. The first-order chi connectivity index (χ1) is 9.47. The fourth-order valence-corrected chi connectivity index (χ4v) is 1.60. The van der Waals surface area contributed by atoms with Crippen molar-refractivity contribution in [3.05, 3.63) is 28.3 Å². The van der Waals surface area contributed by atoms with E-state index in [0.717, 1.165) is 0 Å². The van der Waals surface area contributed by atoms with Gasteiger partial charge in [0.05, 0.1) is 18.1 Å². The Labute approximate surface area is 117 Å². The number of amides is 1. The lowest BCUT2D eigenvalue weighted by atomic mass is 10.1. The molecule has 0 radical (unpaired) electrons. The van der Waals surface area contributed by atoms with Gasteiger partial charge in [-0.3, -0.25) is 14.9 Å². The first-order valence-electron chi connectivity index (χ1n) is 6.30. The summed E-state index contributed by atoms with van der Waals surface area (Å²) in [6.45, 7) is 2.46. The smallest absolute Gasteiger partial charge is 0.296 e. The van der Waals surface area contributed by atoms with Gasteiger partial charge in [-0.25, -0.2) is 0 Å². The van der Waals surface area contributed by atoms with Crippen LogP contribution < -0.4 is 15.8 Å². The van der Waals surface area contributed by atoms with E-state index in [2.05, 4.69) is 5.32 Å². The van der Waals surface area contributed by atoms with Crippen LogP contribution in [-0.4, -0.2) is 24.5 Å². The molecule has 3 N–H and O–H groups in total. The zero-order chi connectivity index (χ0) is 15.1. The second-order valence-electron chi connectivity index (χ2n) is 4.57. The third-order valence-electron chi connectivity index (χ3n) is 2.94. The summed E-state index contributed by atoms with van der Waals surface area (Å²) in [5.74, 6) is 0.344. The van der Waals surface area contributed by atoms with E-state index < -0.39 is 4.92 Å². The molecular formula is C13H19N3O4. The minimum absolute atomic E-state index is 0.168. The van der Waals surface area contributed by atoms with Crippen LogP contribution in [0.15, 0.2) is 18.2 Å². The molecule has 20 heavy (non-hydrogen) atoms. The summed E-state index contributed by atoms with van der Waals surface area (Å²) < 4.78 is 4.93. The van der Waals surface area contributed by atoms with Gasteiger partial charge >= 0.3 is 0 Å². The lowest BCUT2D eigenvalue weighted by molar-refractivity contribution is -0.384. The van der Waals surface area contributed by atoms with Crippen molar-refractivity contribution in [1.82, 2.24) is 0 Å². The molecule has 1 aromatic carbocycles. The normalized spacial score (nSPS) is 11.8. The fraction of sp³-hybridized carbons (Fsp3) is 0.462. The van der Waals surface area contributed by atoms with Crippen molar-refractivity contribution in [2.75, 3.05) is 19.0 Å². The van der Waals surface area contributed by atoms with Crippen LogP contribution in [0.25, 0.3) is 0 Å². The van der Waals surface area contributed by atoms with Gasteiger partial charge in [-0.15, -0.1) is 0 Å². The van der Waals surface area contributed by atoms with E-state index >= 15 is 0 Å². The largest absolute Gasteiger partial charge is 0.496 e. The predicted molar refractivity (Wildman–Crippen MR) is 75.7 cm³/mol. The molecule has 1 atom stereocenters. The van der Waals surface area contributed by atoms with Crippen molar-refractivity contribution in [1.29, 1.82) is 0 Å². The van der Waals surface area contributed by atoms with Gasteiger partial charge in [0.1, 0.15) is 11.4 Å². The Morgan fingerprint density at radius 3 is 2.80 bits per heavy atom. The van der Waals surface area contributed by atoms with E-state index in [1.165, 1.54) is 19.2 Å². The standard InChI is InChI=1S/C13H19N3O4/c1-9(8-14)3-6-13(17)15-11-5-4-10(20-2)7-12(11)16(18)19/h4-5,7,9H,3,6,8,14H2,1-2H3,(H,15,17). The first kappa shape index (κ1) is 15.9. The van der Waals surface area contributed by atoms with Gasteiger partial charge in [0.2, 0.25) is 5.91 Å². The maximum atomic E-state index is 11.8. The van der Waals surface area contributed by atoms with Crippen molar-refractivity contribution < 1.29 is 14.5 Å². The van der Waals surface area contributed by atoms with Gasteiger partial charge in [0.25, 0.3) is 5.69 Å². The zero-order valence-electron chi connectivity index (χ0n) is 11.6. The quantitative estimate of drug-likeness (QED) is 0.586. The van der Waals surface area contributed by atoms with Crippen LogP contribution >= 0.6 is 0 Å². The number of methoxy groups -OCH3 is 1. The number of nitro benzene ring substituents is 1. The molecule has 1 aromatic rings. The van der Waals surface area contributed by atoms with Gasteiger partial charge in [-0.1, -0.05) is 6.92 Å². The van der Waals surface area contributed by atoms with Crippen molar-refractivity contribution in [2.45, 2.75) is 19.8 Å². The molecule has 0 heterocycles. The minimum atomic E-state index is -0.555. The minimum Gasteiger partial charge on any atom is -0.496 e. The lowest BCUT2D eigenvalue weighted by Crippen LogP contribution is -2.17. The number of hydrogen-bond donors (Lipinski definition) is 2. The molecule has 0 saturated heterocycles. The number of nitrogens with two attached hydrogens (primary N) is 1. The monoisotopic (exact) mass is 281 g/mol. The number of carbonyl (C=O) groups excluding carboxylic acids is 1. The van der Waals surface area contributed by atoms with Crippen molar-refractivity contribution in [3.8, 4) is 5.75 Å². The highest BCUT2D eigenvalue weighted by molar-refractivity contribution is 5.93. The van der Waals surface area contributed by atoms with Crippen molar-refractivity contribution in [3.63, 3.8) is 0 Å². The maximum absolute atomic E-state index is 11.8. The molecule has 0 saturated carbocycles. The van der Waals surface area contributed by atoms with Crippen LogP contribution in [0, 0.1) is 16.0 Å². The van der Waals surface area contributed by atoms with Crippen LogP contribution in [-0.2, 0) is 4.79 Å².